The summed E-state index contributed by atoms with van der Waals surface area (Å²) in [5.41, 5.74) is 7.75. The third-order valence-electron chi connectivity index (χ3n) is 2.60. The molecule has 0 aliphatic rings. The van der Waals surface area contributed by atoms with E-state index in [9.17, 15) is 4.79 Å². The molecule has 0 aromatic carbocycles. The molecule has 1 amide bonds. The minimum atomic E-state index is -0.125. The number of amides is 1. The number of nitrogens with zero attached hydrogens (tertiary/aromatic N) is 3. The van der Waals surface area contributed by atoms with Gasteiger partial charge in [-0.15, -0.1) is 0 Å². The van der Waals surface area contributed by atoms with Crippen molar-refractivity contribution in [2.75, 3.05) is 7.05 Å². The summed E-state index contributed by atoms with van der Waals surface area (Å²) in [5, 5.41) is 6.55. The molecule has 0 unspecified atom stereocenters. The van der Waals surface area contributed by atoms with Gasteiger partial charge < -0.3 is 10.6 Å². The van der Waals surface area contributed by atoms with E-state index < -0.39 is 0 Å². The van der Waals surface area contributed by atoms with Crippen molar-refractivity contribution in [3.63, 3.8) is 0 Å². The predicted octanol–water partition coefficient (Wildman–Crippen LogP) is 0.536. The highest BCUT2D eigenvalue weighted by Crippen LogP contribution is 2.06. The first-order valence-electron chi connectivity index (χ1n) is 5.59. The Balaban J connectivity index is 2.05. The molecule has 2 heterocycles. The molecule has 0 radical (unpaired) electrons. The van der Waals surface area contributed by atoms with E-state index in [0.29, 0.717) is 18.8 Å². The molecular weight excluding hydrogens is 230 g/mol. The molecular formula is C12H15N5O. The van der Waals surface area contributed by atoms with Gasteiger partial charge in [0.1, 0.15) is 5.69 Å². The van der Waals surface area contributed by atoms with Gasteiger partial charge in [0.15, 0.2) is 0 Å². The Kier molecular flexibility index (Phi) is 3.69. The molecule has 6 nitrogen and oxygen atoms in total. The van der Waals surface area contributed by atoms with Gasteiger partial charge >= 0.3 is 0 Å². The number of carbonyl (C=O) groups is 1. The first-order chi connectivity index (χ1) is 8.70. The zero-order chi connectivity index (χ0) is 13.0. The van der Waals surface area contributed by atoms with Crippen LogP contribution in [0.25, 0.3) is 0 Å². The maximum atomic E-state index is 12.1. The molecule has 0 saturated heterocycles. The van der Waals surface area contributed by atoms with Crippen molar-refractivity contribution >= 4 is 5.91 Å². The Morgan fingerprint density at radius 3 is 2.78 bits per heavy atom. The van der Waals surface area contributed by atoms with Gasteiger partial charge in [0.25, 0.3) is 5.91 Å². The van der Waals surface area contributed by atoms with E-state index in [-0.39, 0.29) is 5.91 Å². The van der Waals surface area contributed by atoms with Gasteiger partial charge in [0.05, 0.1) is 6.20 Å². The molecule has 2 rings (SSSR count). The second-order valence-electron chi connectivity index (χ2n) is 4.02. The normalized spacial score (nSPS) is 10.3. The van der Waals surface area contributed by atoms with Crippen molar-refractivity contribution < 1.29 is 4.79 Å². The topological polar surface area (TPSA) is 87.9 Å². The van der Waals surface area contributed by atoms with E-state index in [1.807, 2.05) is 6.07 Å². The summed E-state index contributed by atoms with van der Waals surface area (Å²) in [6, 6.07) is 3.50. The van der Waals surface area contributed by atoms with Crippen LogP contribution in [-0.4, -0.2) is 33.0 Å². The molecule has 0 saturated carbocycles. The van der Waals surface area contributed by atoms with E-state index in [0.717, 1.165) is 11.1 Å². The number of aromatic nitrogens is 3. The summed E-state index contributed by atoms with van der Waals surface area (Å²) in [5.74, 6) is -0.125. The van der Waals surface area contributed by atoms with Gasteiger partial charge in [-0.05, 0) is 11.6 Å². The summed E-state index contributed by atoms with van der Waals surface area (Å²) < 4.78 is 0. The summed E-state index contributed by atoms with van der Waals surface area (Å²) >= 11 is 0. The van der Waals surface area contributed by atoms with Crippen LogP contribution >= 0.6 is 0 Å². The number of rotatable bonds is 4. The van der Waals surface area contributed by atoms with Crippen molar-refractivity contribution in [3.05, 3.63) is 47.5 Å². The Labute approximate surface area is 105 Å². The van der Waals surface area contributed by atoms with Crippen molar-refractivity contribution in [1.29, 1.82) is 0 Å². The van der Waals surface area contributed by atoms with Crippen LogP contribution in [0.3, 0.4) is 0 Å². The van der Waals surface area contributed by atoms with Gasteiger partial charge in [-0.25, -0.2) is 0 Å². The summed E-state index contributed by atoms with van der Waals surface area (Å²) in [6.45, 7) is 0.919. The molecule has 0 spiro atoms. The summed E-state index contributed by atoms with van der Waals surface area (Å²) in [7, 11) is 1.73. The van der Waals surface area contributed by atoms with Crippen LogP contribution in [0, 0.1) is 0 Å². The van der Waals surface area contributed by atoms with Crippen LogP contribution in [0.1, 0.15) is 21.6 Å². The van der Waals surface area contributed by atoms with Crippen LogP contribution in [0.15, 0.2) is 30.7 Å². The maximum Gasteiger partial charge on any atom is 0.272 e. The number of pyridine rings is 1. The van der Waals surface area contributed by atoms with Crippen molar-refractivity contribution in [2.45, 2.75) is 13.1 Å². The molecule has 2 aromatic rings. The number of carbonyl (C=O) groups excluding carboxylic acids is 1. The van der Waals surface area contributed by atoms with E-state index >= 15 is 0 Å². The highest BCUT2D eigenvalue weighted by Gasteiger charge is 2.13. The lowest BCUT2D eigenvalue weighted by Gasteiger charge is -2.15. The van der Waals surface area contributed by atoms with Gasteiger partial charge in [-0.1, -0.05) is 6.07 Å². The Morgan fingerprint density at radius 2 is 2.22 bits per heavy atom. The minimum absolute atomic E-state index is 0.125. The molecule has 0 aliphatic heterocycles. The van der Waals surface area contributed by atoms with Gasteiger partial charge in [0.2, 0.25) is 0 Å². The average molecular weight is 245 g/mol. The molecule has 3 N–H and O–H groups in total. The van der Waals surface area contributed by atoms with Crippen molar-refractivity contribution in [3.8, 4) is 0 Å². The van der Waals surface area contributed by atoms with Gasteiger partial charge in [0, 0.05) is 38.1 Å². The fraction of sp³-hybridized carbons (Fsp3) is 0.250. The largest absolute Gasteiger partial charge is 0.336 e. The zero-order valence-corrected chi connectivity index (χ0v) is 10.1. The van der Waals surface area contributed by atoms with Gasteiger partial charge in [-0.2, -0.15) is 5.10 Å². The minimum Gasteiger partial charge on any atom is -0.336 e. The molecule has 18 heavy (non-hydrogen) atoms. The fourth-order valence-corrected chi connectivity index (χ4v) is 1.58. The first kappa shape index (κ1) is 12.3. The van der Waals surface area contributed by atoms with Crippen LogP contribution < -0.4 is 5.73 Å². The molecule has 6 heteroatoms. The Bertz CT molecular complexity index is 506. The van der Waals surface area contributed by atoms with E-state index in [1.54, 1.807) is 36.6 Å². The maximum absolute atomic E-state index is 12.1. The van der Waals surface area contributed by atoms with Crippen LogP contribution in [0.4, 0.5) is 0 Å². The standard InChI is InChI=1S/C12H15N5O/c1-17(8-10-6-15-16-7-10)12(18)11-3-2-9(4-13)5-14-11/h2-3,5-7H,4,8,13H2,1H3,(H,15,16). The third-order valence-corrected chi connectivity index (χ3v) is 2.60. The number of hydrogen-bond acceptors (Lipinski definition) is 4. The Hall–Kier alpha value is -2.21. The first-order valence-corrected chi connectivity index (χ1v) is 5.59. The smallest absolute Gasteiger partial charge is 0.272 e. The highest BCUT2D eigenvalue weighted by molar-refractivity contribution is 5.92. The molecule has 0 fully saturated rings. The Morgan fingerprint density at radius 1 is 1.39 bits per heavy atom. The summed E-state index contributed by atoms with van der Waals surface area (Å²) in [4.78, 5) is 17.8. The fourth-order valence-electron chi connectivity index (χ4n) is 1.58. The number of hydrogen-bond donors (Lipinski definition) is 2. The zero-order valence-electron chi connectivity index (χ0n) is 10.1. The van der Waals surface area contributed by atoms with Crippen LogP contribution in [0.5, 0.6) is 0 Å². The summed E-state index contributed by atoms with van der Waals surface area (Å²) in [6.07, 6.45) is 5.07. The monoisotopic (exact) mass is 245 g/mol. The quantitative estimate of drug-likeness (QED) is 0.822. The van der Waals surface area contributed by atoms with Crippen LogP contribution in [-0.2, 0) is 13.1 Å². The van der Waals surface area contributed by atoms with E-state index in [2.05, 4.69) is 15.2 Å². The van der Waals surface area contributed by atoms with Gasteiger partial charge in [-0.3, -0.25) is 14.9 Å². The molecule has 0 aliphatic carbocycles. The van der Waals surface area contributed by atoms with Crippen molar-refractivity contribution in [2.24, 2.45) is 5.73 Å². The lowest BCUT2D eigenvalue weighted by molar-refractivity contribution is 0.0779. The number of nitrogens with one attached hydrogen (secondary N) is 1. The second-order valence-corrected chi connectivity index (χ2v) is 4.02. The number of aromatic amines is 1. The van der Waals surface area contributed by atoms with E-state index in [4.69, 9.17) is 5.73 Å². The molecule has 94 valence electrons. The number of H-pyrrole nitrogens is 1. The van der Waals surface area contributed by atoms with Crippen molar-refractivity contribution in [1.82, 2.24) is 20.1 Å². The lowest BCUT2D eigenvalue weighted by atomic mass is 10.2. The van der Waals surface area contributed by atoms with E-state index in [1.165, 1.54) is 0 Å². The van der Waals surface area contributed by atoms with Crippen LogP contribution in [0.2, 0.25) is 0 Å². The average Bonchev–Trinajstić information content (AvgIpc) is 2.91. The molecule has 2 aromatic heterocycles. The predicted molar refractivity (Wildman–Crippen MR) is 66.5 cm³/mol. The SMILES string of the molecule is CN(Cc1cn[nH]c1)C(=O)c1ccc(CN)cn1. The number of nitrogens with two attached hydrogens (primary N) is 1. The highest BCUT2D eigenvalue weighted by atomic mass is 16.2. The molecule has 0 bridgehead atoms. The lowest BCUT2D eigenvalue weighted by Crippen LogP contribution is -2.26. The molecule has 0 atom stereocenters. The second kappa shape index (κ2) is 5.42. The third kappa shape index (κ3) is 2.72.